The van der Waals surface area contributed by atoms with E-state index in [0.29, 0.717) is 19.3 Å². The van der Waals surface area contributed by atoms with Crippen LogP contribution in [0.3, 0.4) is 0 Å². The van der Waals surface area contributed by atoms with Gasteiger partial charge in [-0.05, 0) is 70.6 Å². The Morgan fingerprint density at radius 2 is 0.557 bits per heavy atom. The molecule has 0 fully saturated rings. The number of rotatable bonds is 54. The van der Waals surface area contributed by atoms with Crippen molar-refractivity contribution in [3.05, 3.63) is 72.9 Å². The maximum absolute atomic E-state index is 12.9. The number of hydrogen-bond donors (Lipinski definition) is 0. The summed E-state index contributed by atoms with van der Waals surface area (Å²) in [6.07, 6.45) is 74.7. The van der Waals surface area contributed by atoms with Crippen molar-refractivity contribution in [2.75, 3.05) is 13.2 Å². The Hall–Kier alpha value is -3.15. The average molecular weight is 978 g/mol. The van der Waals surface area contributed by atoms with Crippen molar-refractivity contribution in [1.29, 1.82) is 0 Å². The van der Waals surface area contributed by atoms with Gasteiger partial charge in [-0.3, -0.25) is 14.4 Å². The summed E-state index contributed by atoms with van der Waals surface area (Å²) in [6, 6.07) is 0. The molecule has 0 aromatic carbocycles. The first-order chi connectivity index (χ1) is 34.5. The van der Waals surface area contributed by atoms with Gasteiger partial charge in [0.25, 0.3) is 0 Å². The average Bonchev–Trinajstić information content (AvgIpc) is 3.36. The molecule has 0 aromatic rings. The van der Waals surface area contributed by atoms with Crippen LogP contribution in [0.2, 0.25) is 0 Å². The van der Waals surface area contributed by atoms with E-state index in [4.69, 9.17) is 14.2 Å². The molecule has 0 saturated heterocycles. The lowest BCUT2D eigenvalue weighted by molar-refractivity contribution is -0.167. The predicted molar refractivity (Wildman–Crippen MR) is 302 cm³/mol. The summed E-state index contributed by atoms with van der Waals surface area (Å²) in [7, 11) is 0. The zero-order valence-electron chi connectivity index (χ0n) is 46.3. The van der Waals surface area contributed by atoms with Crippen molar-refractivity contribution in [2.45, 2.75) is 303 Å². The number of hydrogen-bond acceptors (Lipinski definition) is 6. The van der Waals surface area contributed by atoms with Crippen LogP contribution in [0.25, 0.3) is 0 Å². The maximum Gasteiger partial charge on any atom is 0.306 e. The van der Waals surface area contributed by atoms with Gasteiger partial charge < -0.3 is 14.2 Å². The van der Waals surface area contributed by atoms with Crippen LogP contribution in [0.4, 0.5) is 0 Å². The molecule has 0 N–H and O–H groups in total. The second-order valence-electron chi connectivity index (χ2n) is 19.9. The van der Waals surface area contributed by atoms with Gasteiger partial charge in [-0.15, -0.1) is 0 Å². The molecule has 0 aliphatic carbocycles. The summed E-state index contributed by atoms with van der Waals surface area (Å²) in [4.78, 5) is 38.1. The molecule has 6 heteroatoms. The number of esters is 3. The van der Waals surface area contributed by atoms with Gasteiger partial charge in [0.2, 0.25) is 0 Å². The molecule has 0 radical (unpaired) electrons. The second-order valence-corrected chi connectivity index (χ2v) is 19.9. The standard InChI is InChI=1S/C64H112O6/c1-4-7-10-13-16-19-22-24-26-28-29-30-31-32-33-34-35-36-38-39-42-45-48-51-54-57-63(66)69-60-61(59-68-62(65)56-53-50-47-44-41-21-18-15-12-9-6-3)70-64(67)58-55-52-49-46-43-40-37-27-25-23-20-17-14-11-8-5-2/h7,10,16,19,24,26,29-30,32-33,35-36,61H,4-6,8-9,11-15,17-18,20-23,25,27-28,31,34,37-60H2,1-3H3/b10-7-,19-16-,26-24-,30-29-,33-32-,36-35-. The molecule has 0 aromatic heterocycles. The van der Waals surface area contributed by atoms with E-state index in [0.717, 1.165) is 103 Å². The van der Waals surface area contributed by atoms with E-state index < -0.39 is 6.10 Å². The highest BCUT2D eigenvalue weighted by Crippen LogP contribution is 2.16. The molecule has 404 valence electrons. The summed E-state index contributed by atoms with van der Waals surface area (Å²) in [5.41, 5.74) is 0. The third kappa shape index (κ3) is 55.8. The Morgan fingerprint density at radius 3 is 0.871 bits per heavy atom. The fraction of sp³-hybridized carbons (Fsp3) is 0.766. The van der Waals surface area contributed by atoms with E-state index in [2.05, 4.69) is 93.7 Å². The van der Waals surface area contributed by atoms with Crippen LogP contribution < -0.4 is 0 Å². The molecular weight excluding hydrogens is 865 g/mol. The van der Waals surface area contributed by atoms with Gasteiger partial charge in [-0.1, -0.05) is 280 Å². The minimum atomic E-state index is -0.778. The van der Waals surface area contributed by atoms with Crippen molar-refractivity contribution in [3.63, 3.8) is 0 Å². The molecule has 0 saturated carbocycles. The maximum atomic E-state index is 12.9. The first kappa shape index (κ1) is 66.9. The SMILES string of the molecule is CC/C=C\C/C=C\C/C=C\C/C=C\C/C=C\C/C=C\CCCCCCCCC(=O)OCC(COC(=O)CCCCCCCCCCCCC)OC(=O)CCCCCCCCCCCCCCCCCC. The lowest BCUT2D eigenvalue weighted by atomic mass is 10.0. The molecule has 6 nitrogen and oxygen atoms in total. The van der Waals surface area contributed by atoms with Crippen molar-refractivity contribution < 1.29 is 28.6 Å². The first-order valence-electron chi connectivity index (χ1n) is 29.9. The summed E-state index contributed by atoms with van der Waals surface area (Å²) in [5.74, 6) is -0.879. The number of ether oxygens (including phenoxy) is 3. The van der Waals surface area contributed by atoms with Crippen LogP contribution >= 0.6 is 0 Å². The molecule has 0 spiro atoms. The zero-order valence-corrected chi connectivity index (χ0v) is 46.3. The zero-order chi connectivity index (χ0) is 50.7. The van der Waals surface area contributed by atoms with Crippen LogP contribution in [0.5, 0.6) is 0 Å². The van der Waals surface area contributed by atoms with E-state index in [9.17, 15) is 14.4 Å². The topological polar surface area (TPSA) is 78.9 Å². The first-order valence-corrected chi connectivity index (χ1v) is 29.9. The molecule has 0 heterocycles. The summed E-state index contributed by atoms with van der Waals surface area (Å²) in [5, 5.41) is 0. The molecule has 0 rings (SSSR count). The Kier molecular flexibility index (Phi) is 55.8. The van der Waals surface area contributed by atoms with Gasteiger partial charge in [-0.25, -0.2) is 0 Å². The van der Waals surface area contributed by atoms with E-state index in [1.165, 1.54) is 154 Å². The van der Waals surface area contributed by atoms with Crippen molar-refractivity contribution >= 4 is 17.9 Å². The van der Waals surface area contributed by atoms with Gasteiger partial charge in [0.15, 0.2) is 6.10 Å². The van der Waals surface area contributed by atoms with Crippen LogP contribution in [0.1, 0.15) is 297 Å². The molecular formula is C64H112O6. The highest BCUT2D eigenvalue weighted by molar-refractivity contribution is 5.71. The molecule has 0 bridgehead atoms. The number of carbonyl (C=O) groups excluding carboxylic acids is 3. The molecule has 0 amide bonds. The quantitative estimate of drug-likeness (QED) is 0.0261. The van der Waals surface area contributed by atoms with Crippen LogP contribution in [-0.2, 0) is 28.6 Å². The smallest absolute Gasteiger partial charge is 0.306 e. The summed E-state index contributed by atoms with van der Waals surface area (Å²) < 4.78 is 16.9. The number of unbranched alkanes of at least 4 members (excludes halogenated alkanes) is 31. The van der Waals surface area contributed by atoms with Gasteiger partial charge in [0.05, 0.1) is 0 Å². The van der Waals surface area contributed by atoms with Gasteiger partial charge >= 0.3 is 17.9 Å². The van der Waals surface area contributed by atoms with Crippen LogP contribution in [0.15, 0.2) is 72.9 Å². The third-order valence-corrected chi connectivity index (χ3v) is 13.0. The lowest BCUT2D eigenvalue weighted by Crippen LogP contribution is -2.30. The minimum absolute atomic E-state index is 0.0760. The summed E-state index contributed by atoms with van der Waals surface area (Å²) >= 11 is 0. The molecule has 0 aliphatic heterocycles. The molecule has 1 unspecified atom stereocenters. The summed E-state index contributed by atoms with van der Waals surface area (Å²) in [6.45, 7) is 6.54. The van der Waals surface area contributed by atoms with E-state index in [-0.39, 0.29) is 31.1 Å². The molecule has 1 atom stereocenters. The Bertz CT molecular complexity index is 1310. The number of allylic oxidation sites excluding steroid dienone is 12. The minimum Gasteiger partial charge on any atom is -0.462 e. The van der Waals surface area contributed by atoms with Crippen molar-refractivity contribution in [2.24, 2.45) is 0 Å². The lowest BCUT2D eigenvalue weighted by Gasteiger charge is -2.18. The normalized spacial score (nSPS) is 12.6. The predicted octanol–water partition coefficient (Wildman–Crippen LogP) is 20.2. The van der Waals surface area contributed by atoms with Gasteiger partial charge in [-0.2, -0.15) is 0 Å². The third-order valence-electron chi connectivity index (χ3n) is 13.0. The Labute approximate surface area is 433 Å². The van der Waals surface area contributed by atoms with E-state index in [1.54, 1.807) is 0 Å². The molecule has 0 aliphatic rings. The molecule has 70 heavy (non-hydrogen) atoms. The van der Waals surface area contributed by atoms with Gasteiger partial charge in [0.1, 0.15) is 13.2 Å². The monoisotopic (exact) mass is 977 g/mol. The van der Waals surface area contributed by atoms with E-state index in [1.807, 2.05) is 0 Å². The fourth-order valence-electron chi connectivity index (χ4n) is 8.51. The van der Waals surface area contributed by atoms with Crippen molar-refractivity contribution in [3.8, 4) is 0 Å². The number of carbonyl (C=O) groups is 3. The fourth-order valence-corrected chi connectivity index (χ4v) is 8.51. The second kappa shape index (κ2) is 58.4. The van der Waals surface area contributed by atoms with Crippen LogP contribution in [0, 0.1) is 0 Å². The van der Waals surface area contributed by atoms with E-state index >= 15 is 0 Å². The van der Waals surface area contributed by atoms with Crippen molar-refractivity contribution in [1.82, 2.24) is 0 Å². The van der Waals surface area contributed by atoms with Gasteiger partial charge in [0, 0.05) is 19.3 Å². The van der Waals surface area contributed by atoms with Crippen LogP contribution in [-0.4, -0.2) is 37.2 Å². The highest BCUT2D eigenvalue weighted by atomic mass is 16.6. The Balaban J connectivity index is 4.31. The largest absolute Gasteiger partial charge is 0.462 e. The Morgan fingerprint density at radius 1 is 0.300 bits per heavy atom. The highest BCUT2D eigenvalue weighted by Gasteiger charge is 2.19.